The van der Waals surface area contributed by atoms with Crippen LogP contribution in [0, 0.1) is 0 Å². The third-order valence-electron chi connectivity index (χ3n) is 10.8. The van der Waals surface area contributed by atoms with Crippen molar-refractivity contribution in [1.29, 1.82) is 0 Å². The third-order valence-corrected chi connectivity index (χ3v) is 10.8. The first kappa shape index (κ1) is 42.9. The zero-order chi connectivity index (χ0) is 37.9. The SMILES string of the molecule is CCCCCCCCc1ccc(CCCCCc2ccc(OC(=O)Oc3ccc(CCCCCc4ccc(CCCCCCCC)cc4)cc3)cc2)cc1. The summed E-state index contributed by atoms with van der Waals surface area (Å²) in [4.78, 5) is 12.4. The van der Waals surface area contributed by atoms with Gasteiger partial charge in [-0.25, -0.2) is 4.79 Å². The summed E-state index contributed by atoms with van der Waals surface area (Å²) >= 11 is 0. The quantitative estimate of drug-likeness (QED) is 0.0332. The minimum Gasteiger partial charge on any atom is -0.395 e. The standard InChI is InChI=1S/C51H70O3/c1-3-5-7-9-11-15-21-43-27-31-45(32-28-43)23-17-13-19-25-47-35-39-49(40-36-47)53-51(52)54-50-41-37-48(38-42-50)26-20-14-18-24-46-33-29-44(30-34-46)22-16-12-10-8-6-4-2/h27-42H,3-26H2,1-2H3. The minimum atomic E-state index is -0.707. The van der Waals surface area contributed by atoms with Crippen molar-refractivity contribution in [1.82, 2.24) is 0 Å². The Morgan fingerprint density at radius 2 is 0.519 bits per heavy atom. The molecule has 3 nitrogen and oxygen atoms in total. The number of aryl methyl sites for hydroxylation is 6. The van der Waals surface area contributed by atoms with Crippen molar-refractivity contribution in [3.8, 4) is 11.5 Å². The van der Waals surface area contributed by atoms with Crippen LogP contribution in [0.15, 0.2) is 97.1 Å². The Bertz CT molecular complexity index is 1400. The molecular formula is C51H70O3. The van der Waals surface area contributed by atoms with Gasteiger partial charge in [0.25, 0.3) is 0 Å². The molecule has 0 aliphatic rings. The molecule has 4 aromatic rings. The molecule has 54 heavy (non-hydrogen) atoms. The number of hydrogen-bond donors (Lipinski definition) is 0. The van der Waals surface area contributed by atoms with E-state index in [4.69, 9.17) is 9.47 Å². The highest BCUT2D eigenvalue weighted by atomic mass is 16.7. The summed E-state index contributed by atoms with van der Waals surface area (Å²) in [6.07, 6.45) is 29.5. The molecule has 0 saturated carbocycles. The predicted octanol–water partition coefficient (Wildman–Crippen LogP) is 15.0. The lowest BCUT2D eigenvalue weighted by Gasteiger charge is -2.08. The highest BCUT2D eigenvalue weighted by Crippen LogP contribution is 2.20. The Hall–Kier alpha value is -3.85. The van der Waals surface area contributed by atoms with Crippen LogP contribution >= 0.6 is 0 Å². The molecule has 0 saturated heterocycles. The lowest BCUT2D eigenvalue weighted by molar-refractivity contribution is 0.152. The Morgan fingerprint density at radius 3 is 0.778 bits per heavy atom. The molecule has 0 bridgehead atoms. The molecule has 4 rings (SSSR count). The molecule has 4 aromatic carbocycles. The molecular weight excluding hydrogens is 661 g/mol. The van der Waals surface area contributed by atoms with E-state index in [1.54, 1.807) is 0 Å². The monoisotopic (exact) mass is 731 g/mol. The maximum absolute atomic E-state index is 12.4. The fourth-order valence-electron chi connectivity index (χ4n) is 7.30. The third kappa shape index (κ3) is 18.5. The van der Waals surface area contributed by atoms with Gasteiger partial charge in [-0.3, -0.25) is 0 Å². The molecule has 0 N–H and O–H groups in total. The first-order chi connectivity index (χ1) is 26.6. The lowest BCUT2D eigenvalue weighted by Crippen LogP contribution is -2.13. The molecule has 0 heterocycles. The molecule has 0 aromatic heterocycles. The van der Waals surface area contributed by atoms with Gasteiger partial charge in [0.2, 0.25) is 0 Å². The van der Waals surface area contributed by atoms with Gasteiger partial charge in [-0.2, -0.15) is 0 Å². The second-order valence-corrected chi connectivity index (χ2v) is 15.5. The van der Waals surface area contributed by atoms with Crippen LogP contribution in [0.3, 0.4) is 0 Å². The Kier molecular flexibility index (Phi) is 21.3. The van der Waals surface area contributed by atoms with Crippen LogP contribution in [-0.4, -0.2) is 6.16 Å². The molecule has 3 heteroatoms. The van der Waals surface area contributed by atoms with Crippen molar-refractivity contribution in [2.75, 3.05) is 0 Å². The van der Waals surface area contributed by atoms with Gasteiger partial charge in [0.15, 0.2) is 0 Å². The van der Waals surface area contributed by atoms with E-state index in [1.807, 2.05) is 48.5 Å². The highest BCUT2D eigenvalue weighted by Gasteiger charge is 2.09. The van der Waals surface area contributed by atoms with Gasteiger partial charge in [-0.05, 0) is 135 Å². The summed E-state index contributed by atoms with van der Waals surface area (Å²) in [5.74, 6) is 1.01. The van der Waals surface area contributed by atoms with E-state index in [2.05, 4.69) is 62.4 Å². The summed E-state index contributed by atoms with van der Waals surface area (Å²) in [5, 5.41) is 0. The van der Waals surface area contributed by atoms with Gasteiger partial charge < -0.3 is 9.47 Å². The van der Waals surface area contributed by atoms with E-state index in [9.17, 15) is 4.79 Å². The van der Waals surface area contributed by atoms with Crippen molar-refractivity contribution >= 4 is 6.16 Å². The molecule has 0 amide bonds. The van der Waals surface area contributed by atoms with E-state index in [1.165, 1.54) is 149 Å². The van der Waals surface area contributed by atoms with Gasteiger partial charge in [-0.1, -0.05) is 164 Å². The fourth-order valence-corrected chi connectivity index (χ4v) is 7.30. The normalized spacial score (nSPS) is 11.1. The Labute approximate surface area is 329 Å². The van der Waals surface area contributed by atoms with Crippen molar-refractivity contribution in [2.45, 2.75) is 168 Å². The smallest absolute Gasteiger partial charge is 0.395 e. The molecule has 0 radical (unpaired) electrons. The summed E-state index contributed by atoms with van der Waals surface area (Å²) in [5.41, 5.74) is 8.38. The molecule has 0 aliphatic carbocycles. The van der Waals surface area contributed by atoms with Gasteiger partial charge in [0, 0.05) is 0 Å². The fraction of sp³-hybridized carbons (Fsp3) is 0.510. The summed E-state index contributed by atoms with van der Waals surface area (Å²) < 4.78 is 10.9. The molecule has 0 fully saturated rings. The van der Waals surface area contributed by atoms with Crippen LogP contribution in [0.4, 0.5) is 4.79 Å². The molecule has 292 valence electrons. The molecule has 0 atom stereocenters. The van der Waals surface area contributed by atoms with Crippen LogP contribution in [0.5, 0.6) is 11.5 Å². The van der Waals surface area contributed by atoms with Gasteiger partial charge in [0.05, 0.1) is 0 Å². The first-order valence-corrected chi connectivity index (χ1v) is 21.8. The Morgan fingerprint density at radius 1 is 0.315 bits per heavy atom. The van der Waals surface area contributed by atoms with Gasteiger partial charge >= 0.3 is 6.16 Å². The van der Waals surface area contributed by atoms with E-state index in [0.717, 1.165) is 38.5 Å². The highest BCUT2D eigenvalue weighted by molar-refractivity contribution is 5.67. The van der Waals surface area contributed by atoms with Crippen molar-refractivity contribution < 1.29 is 14.3 Å². The van der Waals surface area contributed by atoms with Crippen molar-refractivity contribution in [3.05, 3.63) is 130 Å². The van der Waals surface area contributed by atoms with Crippen molar-refractivity contribution in [3.63, 3.8) is 0 Å². The summed E-state index contributed by atoms with van der Waals surface area (Å²) in [7, 11) is 0. The second-order valence-electron chi connectivity index (χ2n) is 15.5. The number of benzene rings is 4. The van der Waals surface area contributed by atoms with E-state index < -0.39 is 6.16 Å². The van der Waals surface area contributed by atoms with E-state index in [0.29, 0.717) is 11.5 Å². The van der Waals surface area contributed by atoms with Crippen LogP contribution in [0.1, 0.15) is 163 Å². The Balaban J connectivity index is 1.02. The van der Waals surface area contributed by atoms with Crippen LogP contribution in [0.25, 0.3) is 0 Å². The predicted molar refractivity (Wildman–Crippen MR) is 229 cm³/mol. The van der Waals surface area contributed by atoms with Gasteiger partial charge in [0.1, 0.15) is 11.5 Å². The summed E-state index contributed by atoms with van der Waals surface area (Å²) in [6, 6.07) is 34.3. The average molecular weight is 731 g/mol. The number of unbranched alkanes of at least 4 members (excludes halogenated alkanes) is 14. The topological polar surface area (TPSA) is 35.5 Å². The number of ether oxygens (including phenoxy) is 2. The number of hydrogen-bond acceptors (Lipinski definition) is 3. The lowest BCUT2D eigenvalue weighted by atomic mass is 10.0. The van der Waals surface area contributed by atoms with E-state index in [-0.39, 0.29) is 0 Å². The molecule has 0 spiro atoms. The minimum absolute atomic E-state index is 0.504. The van der Waals surface area contributed by atoms with Gasteiger partial charge in [-0.15, -0.1) is 0 Å². The first-order valence-electron chi connectivity index (χ1n) is 21.8. The zero-order valence-corrected chi connectivity index (χ0v) is 33.9. The average Bonchev–Trinajstić information content (AvgIpc) is 3.19. The molecule has 0 unspecified atom stereocenters. The zero-order valence-electron chi connectivity index (χ0n) is 33.9. The van der Waals surface area contributed by atoms with Crippen LogP contribution in [0.2, 0.25) is 0 Å². The largest absolute Gasteiger partial charge is 0.519 e. The number of carbonyl (C=O) groups is 1. The van der Waals surface area contributed by atoms with E-state index >= 15 is 0 Å². The molecule has 0 aliphatic heterocycles. The van der Waals surface area contributed by atoms with Crippen LogP contribution in [-0.2, 0) is 38.5 Å². The second kappa shape index (κ2) is 26.8. The van der Waals surface area contributed by atoms with Crippen LogP contribution < -0.4 is 9.47 Å². The maximum atomic E-state index is 12.4. The summed E-state index contributed by atoms with van der Waals surface area (Å²) in [6.45, 7) is 4.55. The number of rotatable bonds is 28. The maximum Gasteiger partial charge on any atom is 0.519 e. The van der Waals surface area contributed by atoms with Crippen molar-refractivity contribution in [2.24, 2.45) is 0 Å². The number of carbonyl (C=O) groups excluding carboxylic acids is 1.